The van der Waals surface area contributed by atoms with Crippen molar-refractivity contribution in [1.82, 2.24) is 5.32 Å². The van der Waals surface area contributed by atoms with Crippen molar-refractivity contribution in [3.63, 3.8) is 0 Å². The number of rotatable bonds is 3. The van der Waals surface area contributed by atoms with Gasteiger partial charge >= 0.3 is 6.03 Å². The summed E-state index contributed by atoms with van der Waals surface area (Å²) in [6.07, 6.45) is 3.54. The SMILES string of the molecule is Cc1ccc(NC(=O)N/C=C/C(C)C)cc1Cl. The number of carbonyl (C=O) groups excluding carboxylic acids is 1. The second kappa shape index (κ2) is 6.30. The zero-order chi connectivity index (χ0) is 12.8. The zero-order valence-corrected chi connectivity index (χ0v) is 11.0. The van der Waals surface area contributed by atoms with Crippen LogP contribution in [0.25, 0.3) is 0 Å². The number of aryl methyl sites for hydroxylation is 1. The van der Waals surface area contributed by atoms with Crippen molar-refractivity contribution in [2.75, 3.05) is 5.32 Å². The second-order valence-electron chi connectivity index (χ2n) is 4.17. The van der Waals surface area contributed by atoms with Crippen LogP contribution in [0.15, 0.2) is 30.5 Å². The van der Waals surface area contributed by atoms with Gasteiger partial charge in [0.15, 0.2) is 0 Å². The van der Waals surface area contributed by atoms with Crippen molar-refractivity contribution in [1.29, 1.82) is 0 Å². The van der Waals surface area contributed by atoms with E-state index in [4.69, 9.17) is 11.6 Å². The lowest BCUT2D eigenvalue weighted by atomic mass is 10.2. The summed E-state index contributed by atoms with van der Waals surface area (Å²) in [6, 6.07) is 5.12. The molecule has 0 aliphatic carbocycles. The summed E-state index contributed by atoms with van der Waals surface area (Å²) in [4.78, 5) is 11.5. The van der Waals surface area contributed by atoms with Crippen LogP contribution in [0, 0.1) is 12.8 Å². The molecule has 0 aliphatic rings. The molecule has 0 radical (unpaired) electrons. The molecule has 0 atom stereocenters. The average Bonchev–Trinajstić information content (AvgIpc) is 2.23. The van der Waals surface area contributed by atoms with Gasteiger partial charge in [0.05, 0.1) is 0 Å². The van der Waals surface area contributed by atoms with E-state index in [-0.39, 0.29) is 6.03 Å². The third kappa shape index (κ3) is 4.91. The van der Waals surface area contributed by atoms with Crippen molar-refractivity contribution >= 4 is 23.3 Å². The number of hydrogen-bond donors (Lipinski definition) is 2. The van der Waals surface area contributed by atoms with E-state index >= 15 is 0 Å². The molecular weight excluding hydrogens is 236 g/mol. The molecule has 0 spiro atoms. The van der Waals surface area contributed by atoms with Crippen LogP contribution in [0.2, 0.25) is 5.02 Å². The minimum atomic E-state index is -0.276. The maximum Gasteiger partial charge on any atom is 0.323 e. The summed E-state index contributed by atoms with van der Waals surface area (Å²) < 4.78 is 0. The summed E-state index contributed by atoms with van der Waals surface area (Å²) in [6.45, 7) is 5.99. The first-order valence-electron chi connectivity index (χ1n) is 5.49. The van der Waals surface area contributed by atoms with Crippen LogP contribution in [-0.2, 0) is 0 Å². The molecule has 0 unspecified atom stereocenters. The first-order valence-corrected chi connectivity index (χ1v) is 5.87. The Kier molecular flexibility index (Phi) is 5.04. The fourth-order valence-corrected chi connectivity index (χ4v) is 1.33. The molecular formula is C13H17ClN2O. The lowest BCUT2D eigenvalue weighted by molar-refractivity contribution is 0.255. The Morgan fingerprint density at radius 2 is 2.12 bits per heavy atom. The highest BCUT2D eigenvalue weighted by Gasteiger charge is 2.01. The van der Waals surface area contributed by atoms with Gasteiger partial charge in [0, 0.05) is 16.9 Å². The van der Waals surface area contributed by atoms with E-state index in [0.29, 0.717) is 16.6 Å². The summed E-state index contributed by atoms with van der Waals surface area (Å²) in [7, 11) is 0. The molecule has 1 rings (SSSR count). The summed E-state index contributed by atoms with van der Waals surface area (Å²) >= 11 is 5.96. The standard InChI is InChI=1S/C13H17ClN2O/c1-9(2)6-7-15-13(17)16-11-5-4-10(3)12(14)8-11/h4-9H,1-3H3,(H2,15,16,17)/b7-6+. The van der Waals surface area contributed by atoms with E-state index in [1.165, 1.54) is 0 Å². The molecule has 4 heteroatoms. The predicted octanol–water partition coefficient (Wildman–Crippen LogP) is 3.94. The van der Waals surface area contributed by atoms with E-state index in [1.54, 1.807) is 12.3 Å². The monoisotopic (exact) mass is 252 g/mol. The quantitative estimate of drug-likeness (QED) is 0.841. The minimum absolute atomic E-state index is 0.276. The first kappa shape index (κ1) is 13.6. The molecule has 17 heavy (non-hydrogen) atoms. The number of amides is 2. The van der Waals surface area contributed by atoms with E-state index < -0.39 is 0 Å². The molecule has 2 N–H and O–H groups in total. The van der Waals surface area contributed by atoms with Gasteiger partial charge in [-0.2, -0.15) is 0 Å². The maximum atomic E-state index is 11.5. The molecule has 1 aromatic rings. The Hall–Kier alpha value is -1.48. The number of carbonyl (C=O) groups is 1. The summed E-state index contributed by atoms with van der Waals surface area (Å²) in [5, 5.41) is 5.96. The molecule has 0 saturated carbocycles. The summed E-state index contributed by atoms with van der Waals surface area (Å²) in [5.41, 5.74) is 1.66. The highest BCUT2D eigenvalue weighted by atomic mass is 35.5. The van der Waals surface area contributed by atoms with E-state index in [2.05, 4.69) is 10.6 Å². The van der Waals surface area contributed by atoms with Gasteiger partial charge in [-0.3, -0.25) is 0 Å². The van der Waals surface area contributed by atoms with Gasteiger partial charge in [-0.25, -0.2) is 4.79 Å². The second-order valence-corrected chi connectivity index (χ2v) is 4.57. The number of nitrogens with one attached hydrogen (secondary N) is 2. The highest BCUT2D eigenvalue weighted by Crippen LogP contribution is 2.19. The molecule has 0 saturated heterocycles. The van der Waals surface area contributed by atoms with Gasteiger partial charge in [-0.1, -0.05) is 37.6 Å². The van der Waals surface area contributed by atoms with Gasteiger partial charge in [-0.15, -0.1) is 0 Å². The minimum Gasteiger partial charge on any atom is -0.315 e. The van der Waals surface area contributed by atoms with Crippen LogP contribution >= 0.6 is 11.6 Å². The summed E-state index contributed by atoms with van der Waals surface area (Å²) in [5.74, 6) is 0.407. The van der Waals surface area contributed by atoms with Crippen molar-refractivity contribution in [3.05, 3.63) is 41.1 Å². The van der Waals surface area contributed by atoms with Crippen molar-refractivity contribution < 1.29 is 4.79 Å². The number of anilines is 1. The van der Waals surface area contributed by atoms with Crippen LogP contribution in [0.3, 0.4) is 0 Å². The molecule has 0 bridgehead atoms. The maximum absolute atomic E-state index is 11.5. The van der Waals surface area contributed by atoms with Gasteiger partial charge in [-0.05, 0) is 30.5 Å². The van der Waals surface area contributed by atoms with Gasteiger partial charge in [0.1, 0.15) is 0 Å². The lowest BCUT2D eigenvalue weighted by Crippen LogP contribution is -2.23. The fraction of sp³-hybridized carbons (Fsp3) is 0.308. The topological polar surface area (TPSA) is 41.1 Å². The Labute approximate surface area is 107 Å². The predicted molar refractivity (Wildman–Crippen MR) is 72.3 cm³/mol. The lowest BCUT2D eigenvalue weighted by Gasteiger charge is -2.06. The molecule has 1 aromatic carbocycles. The molecule has 0 aliphatic heterocycles. The normalized spacial score (nSPS) is 10.9. The van der Waals surface area contributed by atoms with E-state index in [1.807, 2.05) is 39.0 Å². The van der Waals surface area contributed by atoms with Gasteiger partial charge < -0.3 is 10.6 Å². The van der Waals surface area contributed by atoms with Crippen molar-refractivity contribution in [3.8, 4) is 0 Å². The Bertz CT molecular complexity index is 427. The number of halogens is 1. The van der Waals surface area contributed by atoms with Crippen molar-refractivity contribution in [2.45, 2.75) is 20.8 Å². The smallest absolute Gasteiger partial charge is 0.315 e. The van der Waals surface area contributed by atoms with Gasteiger partial charge in [0.25, 0.3) is 0 Å². The number of allylic oxidation sites excluding steroid dienone is 1. The van der Waals surface area contributed by atoms with Crippen LogP contribution in [0.4, 0.5) is 10.5 Å². The molecule has 2 amide bonds. The van der Waals surface area contributed by atoms with Crippen LogP contribution < -0.4 is 10.6 Å². The number of urea groups is 1. The Balaban J connectivity index is 2.53. The Morgan fingerprint density at radius 3 is 2.71 bits per heavy atom. The first-order chi connectivity index (χ1) is 7.99. The van der Waals surface area contributed by atoms with E-state index in [9.17, 15) is 4.79 Å². The number of hydrogen-bond acceptors (Lipinski definition) is 1. The van der Waals surface area contributed by atoms with Crippen LogP contribution in [0.1, 0.15) is 19.4 Å². The molecule has 0 fully saturated rings. The molecule has 92 valence electrons. The third-order valence-corrected chi connectivity index (χ3v) is 2.53. The van der Waals surface area contributed by atoms with Crippen LogP contribution in [0.5, 0.6) is 0 Å². The van der Waals surface area contributed by atoms with Crippen molar-refractivity contribution in [2.24, 2.45) is 5.92 Å². The molecule has 3 nitrogen and oxygen atoms in total. The van der Waals surface area contributed by atoms with Crippen LogP contribution in [-0.4, -0.2) is 6.03 Å². The Morgan fingerprint density at radius 1 is 1.41 bits per heavy atom. The zero-order valence-electron chi connectivity index (χ0n) is 10.3. The highest BCUT2D eigenvalue weighted by molar-refractivity contribution is 6.31. The fourth-order valence-electron chi connectivity index (χ4n) is 1.15. The molecule has 0 aromatic heterocycles. The number of benzene rings is 1. The third-order valence-electron chi connectivity index (χ3n) is 2.13. The largest absolute Gasteiger partial charge is 0.323 e. The molecule has 0 heterocycles. The average molecular weight is 253 g/mol. The van der Waals surface area contributed by atoms with E-state index in [0.717, 1.165) is 5.56 Å². The van der Waals surface area contributed by atoms with Gasteiger partial charge in [0.2, 0.25) is 0 Å².